The number of H-pyrrole nitrogens is 1. The Morgan fingerprint density at radius 2 is 2.17 bits per heavy atom. The first-order valence-corrected chi connectivity index (χ1v) is 9.00. The van der Waals surface area contributed by atoms with E-state index < -0.39 is 0 Å². The van der Waals surface area contributed by atoms with Gasteiger partial charge in [-0.1, -0.05) is 35.0 Å². The molecule has 0 bridgehead atoms. The zero-order valence-corrected chi connectivity index (χ0v) is 14.6. The smallest absolute Gasteiger partial charge is 0.260 e. The number of nitrogens with one attached hydrogen (secondary N) is 2. The number of aromatic amines is 1. The van der Waals surface area contributed by atoms with E-state index in [1.54, 1.807) is 29.6 Å². The summed E-state index contributed by atoms with van der Waals surface area (Å²) in [6.45, 7) is 0. The summed E-state index contributed by atoms with van der Waals surface area (Å²) in [5, 5.41) is 6.30. The van der Waals surface area contributed by atoms with E-state index in [0.717, 1.165) is 11.8 Å². The van der Waals surface area contributed by atoms with Crippen LogP contribution in [0.2, 0.25) is 10.0 Å². The molecule has 2 aromatic heterocycles. The Hall–Kier alpha value is -1.54. The van der Waals surface area contributed by atoms with Gasteiger partial charge in [0.1, 0.15) is 4.83 Å². The minimum atomic E-state index is -0.256. The predicted molar refractivity (Wildman–Crippen MR) is 96.1 cm³/mol. The van der Waals surface area contributed by atoms with Crippen molar-refractivity contribution in [2.75, 3.05) is 11.1 Å². The molecule has 0 atom stereocenters. The number of benzene rings is 1. The Morgan fingerprint density at radius 1 is 1.35 bits per heavy atom. The molecule has 0 aliphatic carbocycles. The number of anilines is 1. The molecule has 3 rings (SSSR count). The first-order valence-electron chi connectivity index (χ1n) is 6.38. The molecular weight excluding hydrogens is 377 g/mol. The van der Waals surface area contributed by atoms with Gasteiger partial charge in [0.05, 0.1) is 21.8 Å². The van der Waals surface area contributed by atoms with Crippen LogP contribution in [0.5, 0.6) is 0 Å². The van der Waals surface area contributed by atoms with Crippen LogP contribution in [0.3, 0.4) is 0 Å². The fraction of sp³-hybridized carbons (Fsp3) is 0.0714. The number of carbonyl (C=O) groups excluding carboxylic acids is 1. The van der Waals surface area contributed by atoms with E-state index in [1.165, 1.54) is 11.3 Å². The van der Waals surface area contributed by atoms with Crippen LogP contribution in [0.15, 0.2) is 39.6 Å². The highest BCUT2D eigenvalue weighted by molar-refractivity contribution is 7.99. The van der Waals surface area contributed by atoms with Crippen LogP contribution >= 0.6 is 46.3 Å². The Labute approximate surface area is 149 Å². The van der Waals surface area contributed by atoms with E-state index in [9.17, 15) is 9.59 Å². The Balaban J connectivity index is 1.67. The monoisotopic (exact) mass is 385 g/mol. The molecule has 3 aromatic rings. The zero-order chi connectivity index (χ0) is 16.4. The summed E-state index contributed by atoms with van der Waals surface area (Å²) in [4.78, 5) is 31.4. The lowest BCUT2D eigenvalue weighted by Crippen LogP contribution is -2.15. The second-order valence-corrected chi connectivity index (χ2v) is 7.17. The average molecular weight is 386 g/mol. The van der Waals surface area contributed by atoms with Crippen molar-refractivity contribution in [3.05, 3.63) is 50.0 Å². The number of thiophene rings is 1. The molecule has 0 aliphatic rings. The molecular formula is C14H9Cl2N3O2S2. The number of carbonyl (C=O) groups is 1. The number of halogens is 2. The van der Waals surface area contributed by atoms with Gasteiger partial charge in [-0.15, -0.1) is 11.3 Å². The van der Waals surface area contributed by atoms with Crippen LogP contribution in [0.25, 0.3) is 10.2 Å². The first-order chi connectivity index (χ1) is 11.0. The van der Waals surface area contributed by atoms with E-state index in [-0.39, 0.29) is 17.2 Å². The zero-order valence-electron chi connectivity index (χ0n) is 11.4. The molecule has 0 saturated heterocycles. The molecule has 0 radical (unpaired) electrons. The maximum absolute atomic E-state index is 12.0. The van der Waals surface area contributed by atoms with Crippen molar-refractivity contribution < 1.29 is 4.79 Å². The summed E-state index contributed by atoms with van der Waals surface area (Å²) < 4.78 is 0. The van der Waals surface area contributed by atoms with Gasteiger partial charge in [-0.2, -0.15) is 0 Å². The molecule has 1 amide bonds. The molecule has 23 heavy (non-hydrogen) atoms. The van der Waals surface area contributed by atoms with Gasteiger partial charge >= 0.3 is 0 Å². The van der Waals surface area contributed by atoms with E-state index in [0.29, 0.717) is 31.1 Å². The lowest BCUT2D eigenvalue weighted by atomic mass is 10.3. The van der Waals surface area contributed by atoms with Gasteiger partial charge < -0.3 is 10.3 Å². The van der Waals surface area contributed by atoms with Crippen LogP contribution in [0.1, 0.15) is 0 Å². The van der Waals surface area contributed by atoms with Crippen molar-refractivity contribution in [1.82, 2.24) is 9.97 Å². The van der Waals surface area contributed by atoms with E-state index in [2.05, 4.69) is 15.3 Å². The third kappa shape index (κ3) is 3.87. The summed E-state index contributed by atoms with van der Waals surface area (Å²) in [5.74, 6) is -0.160. The van der Waals surface area contributed by atoms with Gasteiger partial charge in [0.2, 0.25) is 5.91 Å². The van der Waals surface area contributed by atoms with E-state index in [1.807, 2.05) is 0 Å². The normalized spacial score (nSPS) is 10.9. The largest absolute Gasteiger partial charge is 0.324 e. The number of rotatable bonds is 4. The summed E-state index contributed by atoms with van der Waals surface area (Å²) in [7, 11) is 0. The second kappa shape index (κ2) is 6.92. The molecule has 0 unspecified atom stereocenters. The van der Waals surface area contributed by atoms with Crippen LogP contribution in [-0.4, -0.2) is 21.6 Å². The van der Waals surface area contributed by atoms with E-state index >= 15 is 0 Å². The van der Waals surface area contributed by atoms with Gasteiger partial charge in [-0.3, -0.25) is 9.59 Å². The van der Waals surface area contributed by atoms with Crippen LogP contribution in [0.4, 0.5) is 5.69 Å². The molecule has 2 N–H and O–H groups in total. The van der Waals surface area contributed by atoms with Crippen LogP contribution in [-0.2, 0) is 4.79 Å². The highest BCUT2D eigenvalue weighted by Crippen LogP contribution is 2.26. The standard InChI is InChI=1S/C14H9Cl2N3O2S2/c15-7-1-2-10(9(16)5-7)17-11(20)6-23-14-18-12(21)8-3-4-22-13(8)19-14/h1-5H,6H2,(H,17,20)(H,18,19,21). The van der Waals surface area contributed by atoms with E-state index in [4.69, 9.17) is 23.2 Å². The first kappa shape index (κ1) is 16.3. The minimum absolute atomic E-state index is 0.0960. The Bertz CT molecular complexity index is 939. The van der Waals surface area contributed by atoms with Crippen molar-refractivity contribution >= 4 is 68.1 Å². The average Bonchev–Trinajstić information content (AvgIpc) is 2.97. The lowest BCUT2D eigenvalue weighted by molar-refractivity contribution is -0.113. The van der Waals surface area contributed by atoms with Crippen molar-refractivity contribution in [1.29, 1.82) is 0 Å². The highest BCUT2D eigenvalue weighted by atomic mass is 35.5. The van der Waals surface area contributed by atoms with Gasteiger partial charge in [0.25, 0.3) is 5.56 Å². The number of thioether (sulfide) groups is 1. The SMILES string of the molecule is O=C(CSc1nc2sccc2c(=O)[nH]1)Nc1ccc(Cl)cc1Cl. The van der Waals surface area contributed by atoms with Crippen molar-refractivity contribution in [3.63, 3.8) is 0 Å². The highest BCUT2D eigenvalue weighted by Gasteiger charge is 2.10. The minimum Gasteiger partial charge on any atom is -0.324 e. The maximum Gasteiger partial charge on any atom is 0.260 e. The number of amides is 1. The molecule has 118 valence electrons. The van der Waals surface area contributed by atoms with Gasteiger partial charge in [-0.05, 0) is 29.6 Å². The van der Waals surface area contributed by atoms with Gasteiger partial charge in [-0.25, -0.2) is 4.98 Å². The fourth-order valence-corrected chi connectivity index (χ4v) is 3.76. The number of aromatic nitrogens is 2. The quantitative estimate of drug-likeness (QED) is 0.525. The van der Waals surface area contributed by atoms with Crippen LogP contribution < -0.4 is 10.9 Å². The molecule has 0 aliphatic heterocycles. The maximum atomic E-state index is 12.0. The Morgan fingerprint density at radius 3 is 2.96 bits per heavy atom. The number of hydrogen-bond donors (Lipinski definition) is 2. The molecule has 0 saturated carbocycles. The fourth-order valence-electron chi connectivity index (χ4n) is 1.82. The third-order valence-electron chi connectivity index (χ3n) is 2.86. The number of fused-ring (bicyclic) bond motifs is 1. The lowest BCUT2D eigenvalue weighted by Gasteiger charge is -2.07. The predicted octanol–water partition coefficient (Wildman–Crippen LogP) is 4.02. The number of nitrogens with zero attached hydrogens (tertiary/aromatic N) is 1. The summed E-state index contributed by atoms with van der Waals surface area (Å²) in [5.41, 5.74) is 0.275. The molecule has 0 fully saturated rings. The molecule has 2 heterocycles. The molecule has 1 aromatic carbocycles. The number of hydrogen-bond acceptors (Lipinski definition) is 5. The summed E-state index contributed by atoms with van der Waals surface area (Å²) in [6.07, 6.45) is 0. The molecule has 0 spiro atoms. The van der Waals surface area contributed by atoms with Gasteiger partial charge in [0, 0.05) is 5.02 Å². The van der Waals surface area contributed by atoms with Crippen LogP contribution in [0, 0.1) is 0 Å². The topological polar surface area (TPSA) is 74.8 Å². The molecule has 5 nitrogen and oxygen atoms in total. The second-order valence-electron chi connectivity index (χ2n) is 4.47. The van der Waals surface area contributed by atoms with Crippen molar-refractivity contribution in [2.24, 2.45) is 0 Å². The molecule has 9 heteroatoms. The van der Waals surface area contributed by atoms with Gasteiger partial charge in [0.15, 0.2) is 5.16 Å². The summed E-state index contributed by atoms with van der Waals surface area (Å²) >= 11 is 14.3. The summed E-state index contributed by atoms with van der Waals surface area (Å²) in [6, 6.07) is 6.54. The Kier molecular flexibility index (Phi) is 4.91. The van der Waals surface area contributed by atoms with Crippen molar-refractivity contribution in [2.45, 2.75) is 5.16 Å². The van der Waals surface area contributed by atoms with Crippen molar-refractivity contribution in [3.8, 4) is 0 Å². The third-order valence-corrected chi connectivity index (χ3v) is 5.09.